The maximum Gasteiger partial charge on any atom is 0.257 e. The van der Waals surface area contributed by atoms with Crippen molar-refractivity contribution in [2.24, 2.45) is 5.73 Å². The van der Waals surface area contributed by atoms with Crippen molar-refractivity contribution >= 4 is 10.9 Å². The number of hydrogen-bond donors (Lipinski definition) is 1. The zero-order valence-corrected chi connectivity index (χ0v) is 9.14. The zero-order valence-electron chi connectivity index (χ0n) is 9.14. The van der Waals surface area contributed by atoms with Gasteiger partial charge in [-0.2, -0.15) is 0 Å². The van der Waals surface area contributed by atoms with Crippen LogP contribution in [0.15, 0.2) is 35.1 Å². The van der Waals surface area contributed by atoms with Gasteiger partial charge >= 0.3 is 0 Å². The van der Waals surface area contributed by atoms with Gasteiger partial charge in [0, 0.05) is 19.2 Å². The number of ether oxygens (including phenoxy) is 1. The van der Waals surface area contributed by atoms with Crippen LogP contribution in [0.1, 0.15) is 5.56 Å². The van der Waals surface area contributed by atoms with Crippen molar-refractivity contribution in [3.05, 3.63) is 46.2 Å². The van der Waals surface area contributed by atoms with E-state index in [4.69, 9.17) is 10.5 Å². The van der Waals surface area contributed by atoms with E-state index in [9.17, 15) is 4.79 Å². The molecule has 2 rings (SSSR count). The number of benzene rings is 1. The van der Waals surface area contributed by atoms with Crippen LogP contribution in [0, 0.1) is 0 Å². The fourth-order valence-corrected chi connectivity index (χ4v) is 1.79. The number of pyridine rings is 1. The number of rotatable bonds is 3. The van der Waals surface area contributed by atoms with Crippen molar-refractivity contribution in [1.29, 1.82) is 0 Å². The lowest BCUT2D eigenvalue weighted by atomic mass is 10.1. The molecule has 0 aliphatic rings. The van der Waals surface area contributed by atoms with Crippen LogP contribution in [-0.4, -0.2) is 11.7 Å². The summed E-state index contributed by atoms with van der Waals surface area (Å²) >= 11 is 0. The fraction of sp³-hybridized carbons (Fsp3) is 0.250. The van der Waals surface area contributed by atoms with E-state index in [1.807, 2.05) is 30.3 Å². The first-order chi connectivity index (χ1) is 7.77. The summed E-state index contributed by atoms with van der Waals surface area (Å²) in [6, 6.07) is 9.53. The number of aromatic nitrogens is 1. The lowest BCUT2D eigenvalue weighted by Crippen LogP contribution is -2.26. The Kier molecular flexibility index (Phi) is 3.03. The largest absolute Gasteiger partial charge is 0.364 e. The number of methoxy groups -OCH3 is 1. The molecule has 1 aromatic carbocycles. The van der Waals surface area contributed by atoms with Gasteiger partial charge in [0.1, 0.15) is 6.73 Å². The van der Waals surface area contributed by atoms with Gasteiger partial charge in [0.25, 0.3) is 5.56 Å². The van der Waals surface area contributed by atoms with Crippen molar-refractivity contribution in [3.8, 4) is 0 Å². The molecule has 0 saturated carbocycles. The molecule has 2 aromatic rings. The second kappa shape index (κ2) is 4.47. The van der Waals surface area contributed by atoms with Crippen LogP contribution in [-0.2, 0) is 18.0 Å². The molecule has 2 N–H and O–H groups in total. The van der Waals surface area contributed by atoms with E-state index in [-0.39, 0.29) is 18.8 Å². The van der Waals surface area contributed by atoms with Crippen LogP contribution in [0.4, 0.5) is 0 Å². The van der Waals surface area contributed by atoms with Crippen molar-refractivity contribution < 1.29 is 4.74 Å². The summed E-state index contributed by atoms with van der Waals surface area (Å²) in [5, 5.41) is 1.000. The van der Waals surface area contributed by atoms with Crippen LogP contribution in [0.5, 0.6) is 0 Å². The number of fused-ring (bicyclic) bond motifs is 1. The minimum Gasteiger partial charge on any atom is -0.364 e. The van der Waals surface area contributed by atoms with Gasteiger partial charge in [0.15, 0.2) is 0 Å². The third-order valence-corrected chi connectivity index (χ3v) is 2.56. The molecule has 0 saturated heterocycles. The second-order valence-electron chi connectivity index (χ2n) is 3.58. The molecule has 1 heterocycles. The Morgan fingerprint density at radius 2 is 2.12 bits per heavy atom. The van der Waals surface area contributed by atoms with E-state index in [0.29, 0.717) is 5.56 Å². The Morgan fingerprint density at radius 1 is 1.38 bits per heavy atom. The molecule has 0 unspecified atom stereocenters. The SMILES string of the molecule is COCn1c(=O)c(CN)cc2ccccc21. The predicted molar refractivity (Wildman–Crippen MR) is 63.1 cm³/mol. The Labute approximate surface area is 93.3 Å². The van der Waals surface area contributed by atoms with Crippen LogP contribution in [0.3, 0.4) is 0 Å². The van der Waals surface area contributed by atoms with Crippen molar-refractivity contribution in [2.45, 2.75) is 13.3 Å². The average Bonchev–Trinajstić information content (AvgIpc) is 2.32. The van der Waals surface area contributed by atoms with Crippen molar-refractivity contribution in [2.75, 3.05) is 7.11 Å². The van der Waals surface area contributed by atoms with Crippen molar-refractivity contribution in [3.63, 3.8) is 0 Å². The summed E-state index contributed by atoms with van der Waals surface area (Å²) in [6.07, 6.45) is 0. The first-order valence-corrected chi connectivity index (χ1v) is 5.08. The number of para-hydroxylation sites is 1. The lowest BCUT2D eigenvalue weighted by molar-refractivity contribution is 0.131. The molecule has 4 nitrogen and oxygen atoms in total. The van der Waals surface area contributed by atoms with Gasteiger partial charge in [-0.15, -0.1) is 0 Å². The highest BCUT2D eigenvalue weighted by molar-refractivity contribution is 5.79. The molecule has 0 atom stereocenters. The number of nitrogens with two attached hydrogens (primary N) is 1. The summed E-state index contributed by atoms with van der Waals surface area (Å²) in [7, 11) is 1.57. The molecular weight excluding hydrogens is 204 g/mol. The summed E-state index contributed by atoms with van der Waals surface area (Å²) in [5.74, 6) is 0. The molecule has 0 radical (unpaired) electrons. The molecule has 0 bridgehead atoms. The predicted octanol–water partition coefficient (Wildman–Crippen LogP) is 1.06. The van der Waals surface area contributed by atoms with Crippen LogP contribution < -0.4 is 11.3 Å². The van der Waals surface area contributed by atoms with Gasteiger partial charge < -0.3 is 10.5 Å². The van der Waals surface area contributed by atoms with E-state index in [2.05, 4.69) is 0 Å². The standard InChI is InChI=1S/C12H14N2O2/c1-16-8-14-11-5-3-2-4-9(11)6-10(7-13)12(14)15/h2-6H,7-8,13H2,1H3. The van der Waals surface area contributed by atoms with E-state index >= 15 is 0 Å². The minimum atomic E-state index is -0.0805. The fourth-order valence-electron chi connectivity index (χ4n) is 1.79. The van der Waals surface area contributed by atoms with Gasteiger partial charge in [-0.1, -0.05) is 18.2 Å². The molecule has 0 aliphatic heterocycles. The van der Waals surface area contributed by atoms with Crippen LogP contribution in [0.25, 0.3) is 10.9 Å². The molecule has 84 valence electrons. The Hall–Kier alpha value is -1.65. The highest BCUT2D eigenvalue weighted by Crippen LogP contribution is 2.13. The topological polar surface area (TPSA) is 57.2 Å². The van der Waals surface area contributed by atoms with E-state index in [0.717, 1.165) is 10.9 Å². The molecule has 0 spiro atoms. The maximum absolute atomic E-state index is 12.0. The summed E-state index contributed by atoms with van der Waals surface area (Å²) in [4.78, 5) is 12.0. The van der Waals surface area contributed by atoms with E-state index in [1.165, 1.54) is 0 Å². The van der Waals surface area contributed by atoms with Crippen LogP contribution >= 0.6 is 0 Å². The molecule has 0 amide bonds. The zero-order chi connectivity index (χ0) is 11.5. The maximum atomic E-state index is 12.0. The van der Waals surface area contributed by atoms with E-state index < -0.39 is 0 Å². The third kappa shape index (κ3) is 1.73. The number of hydrogen-bond acceptors (Lipinski definition) is 3. The number of nitrogens with zero attached hydrogens (tertiary/aromatic N) is 1. The van der Waals surface area contributed by atoms with Gasteiger partial charge in [-0.05, 0) is 17.5 Å². The van der Waals surface area contributed by atoms with E-state index in [1.54, 1.807) is 11.7 Å². The molecule has 1 aromatic heterocycles. The summed E-state index contributed by atoms with van der Waals surface area (Å²) in [5.41, 5.74) is 6.95. The second-order valence-corrected chi connectivity index (χ2v) is 3.58. The van der Waals surface area contributed by atoms with Gasteiger partial charge in [0.05, 0.1) is 5.52 Å². The monoisotopic (exact) mass is 218 g/mol. The van der Waals surface area contributed by atoms with Crippen molar-refractivity contribution in [1.82, 2.24) is 4.57 Å². The van der Waals surface area contributed by atoms with Gasteiger partial charge in [0.2, 0.25) is 0 Å². The summed E-state index contributed by atoms with van der Waals surface area (Å²) < 4.78 is 6.63. The Balaban J connectivity index is 2.80. The Morgan fingerprint density at radius 3 is 2.81 bits per heavy atom. The minimum absolute atomic E-state index is 0.0805. The molecule has 0 fully saturated rings. The quantitative estimate of drug-likeness (QED) is 0.838. The highest BCUT2D eigenvalue weighted by atomic mass is 16.5. The molecule has 16 heavy (non-hydrogen) atoms. The normalized spacial score (nSPS) is 10.9. The first kappa shape index (κ1) is 10.9. The smallest absolute Gasteiger partial charge is 0.257 e. The average molecular weight is 218 g/mol. The Bertz CT molecular complexity index is 560. The van der Waals surface area contributed by atoms with Gasteiger partial charge in [-0.25, -0.2) is 0 Å². The third-order valence-electron chi connectivity index (χ3n) is 2.56. The lowest BCUT2D eigenvalue weighted by Gasteiger charge is -2.11. The first-order valence-electron chi connectivity index (χ1n) is 5.08. The highest BCUT2D eigenvalue weighted by Gasteiger charge is 2.06. The molecule has 4 heteroatoms. The summed E-state index contributed by atoms with van der Waals surface area (Å²) in [6.45, 7) is 0.487. The molecule has 0 aliphatic carbocycles. The van der Waals surface area contributed by atoms with Crippen LogP contribution in [0.2, 0.25) is 0 Å². The molecular formula is C12H14N2O2. The van der Waals surface area contributed by atoms with Gasteiger partial charge in [-0.3, -0.25) is 9.36 Å².